The first-order chi connectivity index (χ1) is 17.0. The zero-order valence-electron chi connectivity index (χ0n) is 20.0. The Morgan fingerprint density at radius 1 is 1.03 bits per heavy atom. The van der Waals surface area contributed by atoms with Crippen LogP contribution in [0.25, 0.3) is 27.7 Å². The molecule has 3 N–H and O–H groups in total. The number of pyridine rings is 1. The normalized spacial score (nSPS) is 17.7. The number of imidazole rings is 1. The summed E-state index contributed by atoms with van der Waals surface area (Å²) in [7, 11) is 4.27. The van der Waals surface area contributed by atoms with Crippen LogP contribution in [-0.2, 0) is 0 Å². The van der Waals surface area contributed by atoms with E-state index in [0.717, 1.165) is 64.4 Å². The fourth-order valence-corrected chi connectivity index (χ4v) is 5.19. The molecule has 0 atom stereocenters. The summed E-state index contributed by atoms with van der Waals surface area (Å²) < 4.78 is 2.14. The summed E-state index contributed by atoms with van der Waals surface area (Å²) in [6.07, 6.45) is 6.04. The van der Waals surface area contributed by atoms with Crippen molar-refractivity contribution in [2.75, 3.05) is 31.7 Å². The molecule has 3 aromatic heterocycles. The molecule has 3 heterocycles. The molecule has 0 radical (unpaired) electrons. The minimum atomic E-state index is 0.434. The molecule has 6 rings (SSSR count). The average Bonchev–Trinajstić information content (AvgIpc) is 3.22. The number of fused-ring (bicyclic) bond motifs is 2. The molecule has 7 nitrogen and oxygen atoms in total. The molecule has 0 amide bonds. The van der Waals surface area contributed by atoms with E-state index in [1.54, 1.807) is 6.20 Å². The van der Waals surface area contributed by atoms with E-state index in [4.69, 9.17) is 15.7 Å². The fourth-order valence-electron chi connectivity index (χ4n) is 5.19. The molecule has 1 saturated carbocycles. The Labute approximate surface area is 204 Å². The minimum absolute atomic E-state index is 0.434. The highest BCUT2D eigenvalue weighted by atomic mass is 15.1. The van der Waals surface area contributed by atoms with Gasteiger partial charge in [-0.3, -0.25) is 4.40 Å². The van der Waals surface area contributed by atoms with Crippen LogP contribution >= 0.6 is 0 Å². The lowest BCUT2D eigenvalue weighted by Gasteiger charge is -2.36. The van der Waals surface area contributed by atoms with Crippen LogP contribution in [0.4, 0.5) is 17.3 Å². The first kappa shape index (κ1) is 21.6. The van der Waals surface area contributed by atoms with E-state index in [1.165, 1.54) is 0 Å². The molecule has 1 fully saturated rings. The smallest absolute Gasteiger partial charge is 0.150 e. The van der Waals surface area contributed by atoms with Crippen LogP contribution in [0.2, 0.25) is 0 Å². The molecule has 1 aliphatic rings. The molecule has 0 spiro atoms. The number of rotatable bonds is 6. The number of aromatic nitrogens is 4. The summed E-state index contributed by atoms with van der Waals surface area (Å²) in [4.78, 5) is 16.6. The molecular weight excluding hydrogens is 434 g/mol. The topological polar surface area (TPSA) is 84.4 Å². The average molecular weight is 464 g/mol. The summed E-state index contributed by atoms with van der Waals surface area (Å²) in [6, 6.07) is 20.4. The monoisotopic (exact) mass is 463 g/mol. The maximum atomic E-state index is 6.38. The highest BCUT2D eigenvalue weighted by Crippen LogP contribution is 2.43. The second-order valence-corrected chi connectivity index (χ2v) is 9.74. The Bertz CT molecular complexity index is 1500. The summed E-state index contributed by atoms with van der Waals surface area (Å²) in [5.74, 6) is 3.53. The van der Waals surface area contributed by atoms with Gasteiger partial charge >= 0.3 is 0 Å². The van der Waals surface area contributed by atoms with E-state index in [9.17, 15) is 0 Å². The first-order valence-corrected chi connectivity index (χ1v) is 12.1. The van der Waals surface area contributed by atoms with Crippen LogP contribution in [0.5, 0.6) is 0 Å². The zero-order valence-corrected chi connectivity index (χ0v) is 20.0. The van der Waals surface area contributed by atoms with Crippen molar-refractivity contribution < 1.29 is 0 Å². The minimum Gasteiger partial charge on any atom is -0.382 e. The third-order valence-electron chi connectivity index (χ3n) is 6.85. The van der Waals surface area contributed by atoms with Gasteiger partial charge in [-0.05, 0) is 63.2 Å². The molecule has 1 aliphatic carbocycles. The Kier molecular flexibility index (Phi) is 5.34. The van der Waals surface area contributed by atoms with Gasteiger partial charge in [0.1, 0.15) is 28.7 Å². The van der Waals surface area contributed by atoms with Crippen LogP contribution < -0.4 is 11.1 Å². The Morgan fingerprint density at radius 3 is 2.63 bits per heavy atom. The van der Waals surface area contributed by atoms with Crippen molar-refractivity contribution in [1.82, 2.24) is 24.3 Å². The number of nitrogens with one attached hydrogen (secondary N) is 1. The van der Waals surface area contributed by atoms with Crippen LogP contribution in [0.1, 0.15) is 24.6 Å². The number of benzene rings is 2. The number of nitrogens with two attached hydrogens (primary N) is 1. The molecular formula is C28H29N7. The molecule has 176 valence electrons. The zero-order chi connectivity index (χ0) is 23.9. The number of hydrogen-bond acceptors (Lipinski definition) is 6. The Balaban J connectivity index is 1.38. The van der Waals surface area contributed by atoms with Gasteiger partial charge in [0.25, 0.3) is 0 Å². The Morgan fingerprint density at radius 2 is 1.83 bits per heavy atom. The highest BCUT2D eigenvalue weighted by Gasteiger charge is 2.34. The van der Waals surface area contributed by atoms with Gasteiger partial charge in [-0.1, -0.05) is 30.3 Å². The molecule has 35 heavy (non-hydrogen) atoms. The summed E-state index contributed by atoms with van der Waals surface area (Å²) in [5, 5.41) is 4.46. The number of hydrogen-bond donors (Lipinski definition) is 2. The number of nitrogen functional groups attached to an aromatic ring is 1. The molecule has 5 aromatic rings. The summed E-state index contributed by atoms with van der Waals surface area (Å²) in [6.45, 7) is 1.12. The highest BCUT2D eigenvalue weighted by molar-refractivity contribution is 5.91. The Hall–Kier alpha value is -3.97. The van der Waals surface area contributed by atoms with Gasteiger partial charge in [0.05, 0.1) is 5.52 Å². The van der Waals surface area contributed by atoms with Crippen molar-refractivity contribution in [3.63, 3.8) is 0 Å². The van der Waals surface area contributed by atoms with E-state index in [1.807, 2.05) is 42.6 Å². The number of nitrogens with zero attached hydrogens (tertiary/aromatic N) is 5. The quantitative estimate of drug-likeness (QED) is 0.354. The van der Waals surface area contributed by atoms with E-state index < -0.39 is 0 Å². The van der Waals surface area contributed by atoms with Gasteiger partial charge in [-0.15, -0.1) is 0 Å². The predicted molar refractivity (Wildman–Crippen MR) is 142 cm³/mol. The molecule has 0 saturated heterocycles. The van der Waals surface area contributed by atoms with Gasteiger partial charge in [0, 0.05) is 41.5 Å². The molecule has 2 aromatic carbocycles. The van der Waals surface area contributed by atoms with Crippen molar-refractivity contribution in [1.29, 1.82) is 0 Å². The lowest BCUT2D eigenvalue weighted by atomic mass is 9.74. The van der Waals surface area contributed by atoms with E-state index in [2.05, 4.69) is 58.0 Å². The third-order valence-corrected chi connectivity index (χ3v) is 6.85. The van der Waals surface area contributed by atoms with Crippen molar-refractivity contribution in [2.45, 2.75) is 18.8 Å². The summed E-state index contributed by atoms with van der Waals surface area (Å²) in [5.41, 5.74) is 11.0. The summed E-state index contributed by atoms with van der Waals surface area (Å²) >= 11 is 0. The van der Waals surface area contributed by atoms with E-state index in [0.29, 0.717) is 17.7 Å². The van der Waals surface area contributed by atoms with Gasteiger partial charge in [-0.2, -0.15) is 0 Å². The number of anilines is 3. The van der Waals surface area contributed by atoms with Crippen LogP contribution in [0, 0.1) is 5.92 Å². The molecule has 7 heteroatoms. The SMILES string of the molecule is CN(C)CC1CC(c2nc(-c3ccc4ccc(Nc5ccccc5)nc4c3)c3c(N)nccn23)C1. The second-order valence-electron chi connectivity index (χ2n) is 9.74. The van der Waals surface area contributed by atoms with Gasteiger partial charge in [-0.25, -0.2) is 15.0 Å². The van der Waals surface area contributed by atoms with Crippen LogP contribution in [-0.4, -0.2) is 44.9 Å². The first-order valence-electron chi connectivity index (χ1n) is 12.1. The maximum Gasteiger partial charge on any atom is 0.150 e. The molecule has 0 bridgehead atoms. The number of para-hydroxylation sites is 1. The largest absolute Gasteiger partial charge is 0.382 e. The molecule has 0 unspecified atom stereocenters. The molecule has 0 aliphatic heterocycles. The maximum absolute atomic E-state index is 6.38. The van der Waals surface area contributed by atoms with Crippen LogP contribution in [0.15, 0.2) is 73.1 Å². The van der Waals surface area contributed by atoms with Crippen LogP contribution in [0.3, 0.4) is 0 Å². The van der Waals surface area contributed by atoms with Crippen molar-refractivity contribution in [3.8, 4) is 11.3 Å². The fraction of sp³-hybridized carbons (Fsp3) is 0.250. The van der Waals surface area contributed by atoms with E-state index in [-0.39, 0.29) is 0 Å². The van der Waals surface area contributed by atoms with Gasteiger partial charge < -0.3 is 16.0 Å². The lowest BCUT2D eigenvalue weighted by molar-refractivity contribution is 0.194. The van der Waals surface area contributed by atoms with Gasteiger partial charge in [0.15, 0.2) is 0 Å². The lowest BCUT2D eigenvalue weighted by Crippen LogP contribution is -2.32. The second kappa shape index (κ2) is 8.67. The van der Waals surface area contributed by atoms with Crippen molar-refractivity contribution in [3.05, 3.63) is 78.9 Å². The van der Waals surface area contributed by atoms with E-state index >= 15 is 0 Å². The van der Waals surface area contributed by atoms with Gasteiger partial charge in [0.2, 0.25) is 0 Å². The predicted octanol–water partition coefficient (Wildman–Crippen LogP) is 5.33. The third kappa shape index (κ3) is 4.08. The van der Waals surface area contributed by atoms with Crippen molar-refractivity contribution in [2.24, 2.45) is 5.92 Å². The standard InChI is InChI=1S/C28H29N7/c1-34(2)17-18-14-21(15-18)28-33-25(26-27(29)30-12-13-35(26)28)20-9-8-19-10-11-24(32-23(19)16-20)31-22-6-4-3-5-7-22/h3-13,16,18,21H,14-15,17H2,1-2H3,(H2,29,30)(H,31,32). The van der Waals surface area contributed by atoms with Crippen molar-refractivity contribution >= 4 is 33.7 Å².